The topological polar surface area (TPSA) is 40.9 Å². The fourth-order valence-corrected chi connectivity index (χ4v) is 3.48. The number of likely N-dealkylation sites (N-methyl/N-ethyl adjacent to an activating group) is 1. The maximum atomic E-state index is 12.8. The Labute approximate surface area is 161 Å². The van der Waals surface area contributed by atoms with Crippen molar-refractivity contribution < 1.29 is 9.53 Å². The molecule has 0 N–H and O–H groups in total. The minimum atomic E-state index is 0.121. The van der Waals surface area contributed by atoms with Gasteiger partial charge in [-0.25, -0.2) is 0 Å². The molecule has 0 spiro atoms. The first-order chi connectivity index (χ1) is 13.0. The molecule has 1 aromatic carbocycles. The van der Waals surface area contributed by atoms with Gasteiger partial charge in [0.05, 0.1) is 25.8 Å². The Kier molecular flexibility index (Phi) is 6.19. The monoisotopic (exact) mass is 370 g/mol. The van der Waals surface area contributed by atoms with Crippen LogP contribution >= 0.6 is 0 Å². The number of aromatic nitrogens is 1. The van der Waals surface area contributed by atoms with Crippen molar-refractivity contribution in [2.75, 3.05) is 52.3 Å². The van der Waals surface area contributed by atoms with Gasteiger partial charge in [0.25, 0.3) is 0 Å². The van der Waals surface area contributed by atoms with E-state index in [9.17, 15) is 4.79 Å². The zero-order valence-corrected chi connectivity index (χ0v) is 16.8. The van der Waals surface area contributed by atoms with E-state index in [0.717, 1.165) is 17.8 Å². The molecule has 1 amide bonds. The molecule has 27 heavy (non-hydrogen) atoms. The molecule has 146 valence electrons. The summed E-state index contributed by atoms with van der Waals surface area (Å²) in [6, 6.07) is 12.6. The molecule has 6 nitrogen and oxygen atoms in total. The Hall–Kier alpha value is -2.31. The molecule has 0 saturated carbocycles. The Morgan fingerprint density at radius 2 is 1.93 bits per heavy atom. The summed E-state index contributed by atoms with van der Waals surface area (Å²) in [6.45, 7) is 3.09. The Balaban J connectivity index is 1.61. The van der Waals surface area contributed by atoms with E-state index in [-0.39, 0.29) is 11.9 Å². The van der Waals surface area contributed by atoms with Crippen molar-refractivity contribution >= 4 is 11.6 Å². The van der Waals surface area contributed by atoms with Crippen LogP contribution in [-0.2, 0) is 23.1 Å². The standard InChI is InChI=1S/C21H30N4O2/c1-22(2)18-9-7-17(8-10-18)14-24(4)21(26)15-25-12-13-27-16-20(25)19-6-5-11-23(19)3/h5-11,20H,12-16H2,1-4H3/t20-/m1/s1. The number of ether oxygens (including phenoxy) is 1. The van der Waals surface area contributed by atoms with Crippen molar-refractivity contribution in [3.63, 3.8) is 0 Å². The maximum absolute atomic E-state index is 12.8. The highest BCUT2D eigenvalue weighted by Crippen LogP contribution is 2.24. The summed E-state index contributed by atoms with van der Waals surface area (Å²) >= 11 is 0. The predicted molar refractivity (Wildman–Crippen MR) is 108 cm³/mol. The van der Waals surface area contributed by atoms with Crippen LogP contribution < -0.4 is 4.90 Å². The highest BCUT2D eigenvalue weighted by Gasteiger charge is 2.28. The van der Waals surface area contributed by atoms with Crippen LogP contribution in [0.15, 0.2) is 42.6 Å². The lowest BCUT2D eigenvalue weighted by atomic mass is 10.1. The van der Waals surface area contributed by atoms with Gasteiger partial charge in [-0.05, 0) is 29.8 Å². The number of carbonyl (C=O) groups is 1. The van der Waals surface area contributed by atoms with E-state index in [2.05, 4.69) is 44.7 Å². The first kappa shape index (κ1) is 19.5. The average molecular weight is 370 g/mol. The predicted octanol–water partition coefficient (Wildman–Crippen LogP) is 2.12. The molecule has 1 atom stereocenters. The third-order valence-corrected chi connectivity index (χ3v) is 5.20. The van der Waals surface area contributed by atoms with Crippen LogP contribution in [0.25, 0.3) is 0 Å². The number of amides is 1. The van der Waals surface area contributed by atoms with Crippen LogP contribution in [0.2, 0.25) is 0 Å². The van der Waals surface area contributed by atoms with Crippen molar-refractivity contribution in [3.05, 3.63) is 53.9 Å². The van der Waals surface area contributed by atoms with Gasteiger partial charge < -0.3 is 19.1 Å². The Morgan fingerprint density at radius 1 is 1.19 bits per heavy atom. The van der Waals surface area contributed by atoms with E-state index in [1.54, 1.807) is 0 Å². The van der Waals surface area contributed by atoms with E-state index in [4.69, 9.17) is 4.74 Å². The number of rotatable bonds is 6. The number of nitrogens with zero attached hydrogens (tertiary/aromatic N) is 4. The largest absolute Gasteiger partial charge is 0.378 e. The molecule has 6 heteroatoms. The van der Waals surface area contributed by atoms with Crippen LogP contribution in [0, 0.1) is 0 Å². The van der Waals surface area contributed by atoms with E-state index in [0.29, 0.717) is 26.3 Å². The van der Waals surface area contributed by atoms with Gasteiger partial charge in [0.2, 0.25) is 5.91 Å². The number of aryl methyl sites for hydroxylation is 1. The summed E-state index contributed by atoms with van der Waals surface area (Å²) in [5.74, 6) is 0.132. The molecule has 0 bridgehead atoms. The zero-order chi connectivity index (χ0) is 19.4. The molecule has 0 unspecified atom stereocenters. The molecule has 1 saturated heterocycles. The Morgan fingerprint density at radius 3 is 2.56 bits per heavy atom. The number of hydrogen-bond acceptors (Lipinski definition) is 4. The summed E-state index contributed by atoms with van der Waals surface area (Å²) in [7, 11) is 7.96. The van der Waals surface area contributed by atoms with Crippen LogP contribution in [-0.4, -0.2) is 67.7 Å². The first-order valence-corrected chi connectivity index (χ1v) is 9.39. The molecular weight excluding hydrogens is 340 g/mol. The smallest absolute Gasteiger partial charge is 0.236 e. The third kappa shape index (κ3) is 4.70. The molecule has 1 fully saturated rings. The van der Waals surface area contributed by atoms with Gasteiger partial charge in [-0.1, -0.05) is 12.1 Å². The zero-order valence-electron chi connectivity index (χ0n) is 16.8. The third-order valence-electron chi connectivity index (χ3n) is 5.20. The lowest BCUT2D eigenvalue weighted by molar-refractivity contribution is -0.134. The normalized spacial score (nSPS) is 17.7. The minimum absolute atomic E-state index is 0.121. The molecule has 2 aromatic rings. The fourth-order valence-electron chi connectivity index (χ4n) is 3.48. The molecule has 0 radical (unpaired) electrons. The molecule has 1 aliphatic heterocycles. The van der Waals surface area contributed by atoms with Crippen molar-refractivity contribution in [2.45, 2.75) is 12.6 Å². The summed E-state index contributed by atoms with van der Waals surface area (Å²) in [6.07, 6.45) is 2.04. The number of morpholine rings is 1. The van der Waals surface area contributed by atoms with E-state index < -0.39 is 0 Å². The van der Waals surface area contributed by atoms with E-state index >= 15 is 0 Å². The number of carbonyl (C=O) groups excluding carboxylic acids is 1. The molecular formula is C21H30N4O2. The van der Waals surface area contributed by atoms with Crippen molar-refractivity contribution in [1.29, 1.82) is 0 Å². The maximum Gasteiger partial charge on any atom is 0.236 e. The van der Waals surface area contributed by atoms with E-state index in [1.165, 1.54) is 5.69 Å². The highest BCUT2D eigenvalue weighted by molar-refractivity contribution is 5.78. The van der Waals surface area contributed by atoms with Crippen molar-refractivity contribution in [2.24, 2.45) is 7.05 Å². The van der Waals surface area contributed by atoms with Crippen molar-refractivity contribution in [1.82, 2.24) is 14.4 Å². The summed E-state index contributed by atoms with van der Waals surface area (Å²) in [5, 5.41) is 0. The second-order valence-electron chi connectivity index (χ2n) is 7.42. The van der Waals surface area contributed by atoms with Crippen LogP contribution in [0.5, 0.6) is 0 Å². The molecule has 0 aliphatic carbocycles. The second-order valence-corrected chi connectivity index (χ2v) is 7.42. The second kappa shape index (κ2) is 8.59. The molecule has 2 heterocycles. The first-order valence-electron chi connectivity index (χ1n) is 9.39. The lowest BCUT2D eigenvalue weighted by Gasteiger charge is -2.36. The Bertz CT molecular complexity index is 754. The van der Waals surface area contributed by atoms with Gasteiger partial charge >= 0.3 is 0 Å². The highest BCUT2D eigenvalue weighted by atomic mass is 16.5. The minimum Gasteiger partial charge on any atom is -0.378 e. The lowest BCUT2D eigenvalue weighted by Crippen LogP contribution is -2.45. The van der Waals surface area contributed by atoms with Crippen molar-refractivity contribution in [3.8, 4) is 0 Å². The van der Waals surface area contributed by atoms with Crippen LogP contribution in [0.4, 0.5) is 5.69 Å². The molecule has 1 aromatic heterocycles. The van der Waals surface area contributed by atoms with Gasteiger partial charge in [-0.3, -0.25) is 9.69 Å². The van der Waals surface area contributed by atoms with Crippen LogP contribution in [0.3, 0.4) is 0 Å². The molecule has 1 aliphatic rings. The van der Waals surface area contributed by atoms with E-state index in [1.807, 2.05) is 45.4 Å². The summed E-state index contributed by atoms with van der Waals surface area (Å²) in [4.78, 5) is 18.9. The SMILES string of the molecule is CN(Cc1ccc(N(C)C)cc1)C(=O)CN1CCOC[C@@H]1c1cccn1C. The van der Waals surface area contributed by atoms with Crippen LogP contribution in [0.1, 0.15) is 17.3 Å². The summed E-state index contributed by atoms with van der Waals surface area (Å²) < 4.78 is 7.78. The summed E-state index contributed by atoms with van der Waals surface area (Å²) in [5.41, 5.74) is 3.48. The average Bonchev–Trinajstić information content (AvgIpc) is 3.08. The van der Waals surface area contributed by atoms with Gasteiger partial charge in [-0.15, -0.1) is 0 Å². The van der Waals surface area contributed by atoms with Gasteiger partial charge in [0.1, 0.15) is 0 Å². The number of anilines is 1. The number of benzene rings is 1. The fraction of sp³-hybridized carbons (Fsp3) is 0.476. The van der Waals surface area contributed by atoms with Gasteiger partial charge in [0, 0.05) is 58.9 Å². The van der Waals surface area contributed by atoms with Gasteiger partial charge in [-0.2, -0.15) is 0 Å². The quantitative estimate of drug-likeness (QED) is 0.781. The number of hydrogen-bond donors (Lipinski definition) is 0. The van der Waals surface area contributed by atoms with Gasteiger partial charge in [0.15, 0.2) is 0 Å². The molecule has 3 rings (SSSR count).